The molecule has 0 amide bonds. The lowest BCUT2D eigenvalue weighted by atomic mass is 10.1. The molecule has 0 aliphatic heterocycles. The number of oxime groups is 1. The number of amidine groups is 1. The van der Waals surface area contributed by atoms with Crippen molar-refractivity contribution in [3.05, 3.63) is 35.1 Å². The fourth-order valence-electron chi connectivity index (χ4n) is 2.46. The van der Waals surface area contributed by atoms with E-state index in [2.05, 4.69) is 5.16 Å². The topological polar surface area (TPSA) is 67.8 Å². The molecule has 1 aliphatic rings. The summed E-state index contributed by atoms with van der Waals surface area (Å²) >= 11 is 0. The van der Waals surface area contributed by atoms with Crippen molar-refractivity contribution in [3.63, 3.8) is 0 Å². The Morgan fingerprint density at radius 1 is 1.42 bits per heavy atom. The van der Waals surface area contributed by atoms with Gasteiger partial charge >= 0.3 is 0 Å². The minimum atomic E-state index is -0.482. The number of halogens is 1. The number of nitrogens with zero attached hydrogens (tertiary/aromatic N) is 1. The van der Waals surface area contributed by atoms with Crippen molar-refractivity contribution in [3.8, 4) is 0 Å². The summed E-state index contributed by atoms with van der Waals surface area (Å²) in [6.07, 6.45) is 4.93. The molecule has 104 valence electrons. The van der Waals surface area contributed by atoms with Gasteiger partial charge in [-0.3, -0.25) is 0 Å². The van der Waals surface area contributed by atoms with E-state index < -0.39 is 5.82 Å². The summed E-state index contributed by atoms with van der Waals surface area (Å²) in [5.41, 5.74) is 5.95. The molecular weight excluding hydrogens is 247 g/mol. The van der Waals surface area contributed by atoms with Gasteiger partial charge in [0, 0.05) is 12.2 Å². The second-order valence-electron chi connectivity index (χ2n) is 4.93. The Kier molecular flexibility index (Phi) is 4.74. The zero-order valence-corrected chi connectivity index (χ0v) is 10.8. The molecule has 0 bridgehead atoms. The van der Waals surface area contributed by atoms with Crippen molar-refractivity contribution in [2.75, 3.05) is 6.61 Å². The monoisotopic (exact) mass is 266 g/mol. The van der Waals surface area contributed by atoms with Crippen LogP contribution in [0.1, 0.15) is 36.8 Å². The predicted molar refractivity (Wildman–Crippen MR) is 70.5 cm³/mol. The number of nitrogens with two attached hydrogens (primary N) is 1. The molecule has 19 heavy (non-hydrogen) atoms. The standard InChI is InChI=1S/C14H19FN2O2/c15-13-11(6-3-7-12(13)14(16)17-18)9-19-8-10-4-1-2-5-10/h3,6-7,10,18H,1-2,4-5,8-9H2,(H2,16,17). The van der Waals surface area contributed by atoms with Crippen LogP contribution in [0.25, 0.3) is 0 Å². The third-order valence-electron chi connectivity index (χ3n) is 3.55. The molecule has 4 nitrogen and oxygen atoms in total. The van der Waals surface area contributed by atoms with Gasteiger partial charge in [0.15, 0.2) is 5.84 Å². The van der Waals surface area contributed by atoms with Gasteiger partial charge in [-0.05, 0) is 24.8 Å². The average Bonchev–Trinajstić information content (AvgIpc) is 2.93. The first-order valence-corrected chi connectivity index (χ1v) is 6.55. The van der Waals surface area contributed by atoms with Crippen molar-refractivity contribution in [1.29, 1.82) is 0 Å². The van der Waals surface area contributed by atoms with Gasteiger partial charge in [0.05, 0.1) is 12.2 Å². The Hall–Kier alpha value is -1.62. The molecule has 1 aromatic carbocycles. The highest BCUT2D eigenvalue weighted by Crippen LogP contribution is 2.25. The Labute approximate surface area is 112 Å². The maximum absolute atomic E-state index is 14.1. The summed E-state index contributed by atoms with van der Waals surface area (Å²) in [6.45, 7) is 0.891. The minimum absolute atomic E-state index is 0.101. The van der Waals surface area contributed by atoms with Gasteiger partial charge in [0.25, 0.3) is 0 Å². The average molecular weight is 266 g/mol. The van der Waals surface area contributed by atoms with E-state index in [1.54, 1.807) is 12.1 Å². The van der Waals surface area contributed by atoms with Crippen molar-refractivity contribution >= 4 is 5.84 Å². The number of hydrogen-bond acceptors (Lipinski definition) is 3. The molecule has 0 spiro atoms. The van der Waals surface area contributed by atoms with Crippen LogP contribution in [0, 0.1) is 11.7 Å². The molecule has 2 rings (SSSR count). The zero-order valence-electron chi connectivity index (χ0n) is 10.8. The highest BCUT2D eigenvalue weighted by atomic mass is 19.1. The maximum atomic E-state index is 14.1. The van der Waals surface area contributed by atoms with Gasteiger partial charge in [-0.25, -0.2) is 4.39 Å². The Morgan fingerprint density at radius 3 is 2.84 bits per heavy atom. The molecule has 0 atom stereocenters. The minimum Gasteiger partial charge on any atom is -0.409 e. The van der Waals surface area contributed by atoms with E-state index in [0.717, 1.165) is 0 Å². The summed E-state index contributed by atoms with van der Waals surface area (Å²) in [7, 11) is 0. The highest BCUT2D eigenvalue weighted by molar-refractivity contribution is 5.97. The Balaban J connectivity index is 1.96. The smallest absolute Gasteiger partial charge is 0.173 e. The summed E-state index contributed by atoms with van der Waals surface area (Å²) < 4.78 is 19.6. The quantitative estimate of drug-likeness (QED) is 0.372. The molecule has 0 heterocycles. The molecule has 1 aliphatic carbocycles. The first kappa shape index (κ1) is 13.8. The Bertz CT molecular complexity index is 457. The summed E-state index contributed by atoms with van der Waals surface area (Å²) in [6, 6.07) is 4.80. The molecule has 3 N–H and O–H groups in total. The van der Waals surface area contributed by atoms with Crippen LogP contribution in [0.5, 0.6) is 0 Å². The first-order chi connectivity index (χ1) is 9.22. The molecule has 0 saturated heterocycles. The van der Waals surface area contributed by atoms with Crippen molar-refractivity contribution < 1.29 is 14.3 Å². The van der Waals surface area contributed by atoms with E-state index in [4.69, 9.17) is 15.7 Å². The normalized spacial score (nSPS) is 17.0. The van der Waals surface area contributed by atoms with Crippen LogP contribution in [-0.2, 0) is 11.3 Å². The summed E-state index contributed by atoms with van der Waals surface area (Å²) in [4.78, 5) is 0. The second kappa shape index (κ2) is 6.52. The van der Waals surface area contributed by atoms with E-state index in [9.17, 15) is 4.39 Å². The largest absolute Gasteiger partial charge is 0.409 e. The van der Waals surface area contributed by atoms with E-state index in [0.29, 0.717) is 18.1 Å². The summed E-state index contributed by atoms with van der Waals surface area (Å²) in [5, 5.41) is 11.4. The van der Waals surface area contributed by atoms with Crippen molar-refractivity contribution in [2.24, 2.45) is 16.8 Å². The molecule has 0 radical (unpaired) electrons. The van der Waals surface area contributed by atoms with Crippen molar-refractivity contribution in [2.45, 2.75) is 32.3 Å². The van der Waals surface area contributed by atoms with Crippen LogP contribution < -0.4 is 5.73 Å². The van der Waals surface area contributed by atoms with Gasteiger partial charge in [0.1, 0.15) is 5.82 Å². The number of hydrogen-bond donors (Lipinski definition) is 2. The lowest BCUT2D eigenvalue weighted by Crippen LogP contribution is -2.16. The molecule has 1 fully saturated rings. The molecule has 1 aromatic rings. The van der Waals surface area contributed by atoms with Crippen LogP contribution in [-0.4, -0.2) is 17.6 Å². The highest BCUT2D eigenvalue weighted by Gasteiger charge is 2.16. The van der Waals surface area contributed by atoms with E-state index >= 15 is 0 Å². The van der Waals surface area contributed by atoms with Gasteiger partial charge in [0.2, 0.25) is 0 Å². The molecule has 0 aromatic heterocycles. The van der Waals surface area contributed by atoms with Gasteiger partial charge in [-0.1, -0.05) is 30.1 Å². The third kappa shape index (κ3) is 3.44. The van der Waals surface area contributed by atoms with Gasteiger partial charge < -0.3 is 15.7 Å². The van der Waals surface area contributed by atoms with E-state index in [1.807, 2.05) is 0 Å². The molecular formula is C14H19FN2O2. The SMILES string of the molecule is N/C(=N/O)c1cccc(COCC2CCCC2)c1F. The maximum Gasteiger partial charge on any atom is 0.173 e. The Morgan fingerprint density at radius 2 is 2.16 bits per heavy atom. The lowest BCUT2D eigenvalue weighted by Gasteiger charge is -2.11. The fourth-order valence-corrected chi connectivity index (χ4v) is 2.46. The van der Waals surface area contributed by atoms with Crippen LogP contribution in [0.15, 0.2) is 23.4 Å². The van der Waals surface area contributed by atoms with Crippen LogP contribution >= 0.6 is 0 Å². The van der Waals surface area contributed by atoms with E-state index in [1.165, 1.54) is 31.7 Å². The number of benzene rings is 1. The van der Waals surface area contributed by atoms with Crippen LogP contribution in [0.2, 0.25) is 0 Å². The molecule has 1 saturated carbocycles. The van der Waals surface area contributed by atoms with Crippen LogP contribution in [0.3, 0.4) is 0 Å². The lowest BCUT2D eigenvalue weighted by molar-refractivity contribution is 0.0869. The fraction of sp³-hybridized carbons (Fsp3) is 0.500. The molecule has 5 heteroatoms. The predicted octanol–water partition coefficient (Wildman–Crippen LogP) is 2.63. The second-order valence-corrected chi connectivity index (χ2v) is 4.93. The van der Waals surface area contributed by atoms with Crippen molar-refractivity contribution in [1.82, 2.24) is 0 Å². The van der Waals surface area contributed by atoms with Gasteiger partial charge in [-0.15, -0.1) is 0 Å². The summed E-state index contributed by atoms with van der Waals surface area (Å²) in [5.74, 6) is -0.102. The van der Waals surface area contributed by atoms with E-state index in [-0.39, 0.29) is 18.0 Å². The third-order valence-corrected chi connectivity index (χ3v) is 3.55. The number of ether oxygens (including phenoxy) is 1. The molecule has 0 unspecified atom stereocenters. The first-order valence-electron chi connectivity index (χ1n) is 6.55. The number of rotatable bonds is 5. The van der Waals surface area contributed by atoms with Gasteiger partial charge in [-0.2, -0.15) is 0 Å². The van der Waals surface area contributed by atoms with Crippen LogP contribution in [0.4, 0.5) is 4.39 Å². The zero-order chi connectivity index (χ0) is 13.7.